The van der Waals surface area contributed by atoms with Crippen LogP contribution in [0.3, 0.4) is 0 Å². The summed E-state index contributed by atoms with van der Waals surface area (Å²) in [4.78, 5) is 29.8. The normalized spacial score (nSPS) is 15.6. The van der Waals surface area contributed by atoms with Crippen molar-refractivity contribution < 1.29 is 9.59 Å². The fourth-order valence-electron chi connectivity index (χ4n) is 4.34. The van der Waals surface area contributed by atoms with Gasteiger partial charge in [0.1, 0.15) is 6.04 Å². The number of nitrogens with two attached hydrogens (primary N) is 1. The van der Waals surface area contributed by atoms with Crippen LogP contribution >= 0.6 is 0 Å². The average Bonchev–Trinajstić information content (AvgIpc) is 2.82. The molecular weight excluding hydrogens is 386 g/mol. The molecule has 5 nitrogen and oxygen atoms in total. The van der Waals surface area contributed by atoms with Crippen molar-refractivity contribution in [2.75, 3.05) is 26.2 Å². The minimum atomic E-state index is -0.475. The number of piperazine rings is 1. The van der Waals surface area contributed by atoms with Gasteiger partial charge in [0.2, 0.25) is 11.8 Å². The largest absolute Gasteiger partial charge is 0.368 e. The number of rotatable bonds is 6. The second kappa shape index (κ2) is 9.58. The van der Waals surface area contributed by atoms with Crippen molar-refractivity contribution in [3.05, 3.63) is 108 Å². The highest BCUT2D eigenvalue weighted by molar-refractivity contribution is 5.87. The van der Waals surface area contributed by atoms with Gasteiger partial charge in [-0.2, -0.15) is 0 Å². The molecule has 0 bridgehead atoms. The van der Waals surface area contributed by atoms with E-state index < -0.39 is 6.04 Å². The quantitative estimate of drug-likeness (QED) is 0.675. The van der Waals surface area contributed by atoms with Crippen molar-refractivity contribution in [2.24, 2.45) is 5.73 Å². The Morgan fingerprint density at radius 1 is 0.645 bits per heavy atom. The molecule has 1 saturated heterocycles. The zero-order valence-electron chi connectivity index (χ0n) is 17.4. The minimum Gasteiger partial charge on any atom is -0.368 e. The lowest BCUT2D eigenvalue weighted by Gasteiger charge is -2.39. The summed E-state index contributed by atoms with van der Waals surface area (Å²) in [5.41, 5.74) is 8.60. The van der Waals surface area contributed by atoms with Gasteiger partial charge in [0.15, 0.2) is 0 Å². The van der Waals surface area contributed by atoms with E-state index in [2.05, 4.69) is 4.90 Å². The summed E-state index contributed by atoms with van der Waals surface area (Å²) < 4.78 is 0. The summed E-state index contributed by atoms with van der Waals surface area (Å²) in [7, 11) is 0. The van der Waals surface area contributed by atoms with Crippen LogP contribution in [0.15, 0.2) is 91.0 Å². The smallest absolute Gasteiger partial charge is 0.239 e. The predicted molar refractivity (Wildman–Crippen MR) is 121 cm³/mol. The van der Waals surface area contributed by atoms with Crippen LogP contribution in [0.4, 0.5) is 0 Å². The molecule has 2 amide bonds. The molecule has 0 saturated carbocycles. The van der Waals surface area contributed by atoms with Gasteiger partial charge in [0.05, 0.1) is 5.92 Å². The van der Waals surface area contributed by atoms with Gasteiger partial charge in [0, 0.05) is 26.2 Å². The summed E-state index contributed by atoms with van der Waals surface area (Å²) in [5.74, 6) is -0.611. The number of carbonyl (C=O) groups excluding carboxylic acids is 2. The first-order valence-electron chi connectivity index (χ1n) is 10.6. The molecule has 31 heavy (non-hydrogen) atoms. The molecule has 2 N–H and O–H groups in total. The van der Waals surface area contributed by atoms with Crippen molar-refractivity contribution in [3.63, 3.8) is 0 Å². The van der Waals surface area contributed by atoms with Crippen molar-refractivity contribution in [2.45, 2.75) is 12.0 Å². The Morgan fingerprint density at radius 3 is 1.48 bits per heavy atom. The predicted octanol–water partition coefficient (Wildman–Crippen LogP) is 3.19. The van der Waals surface area contributed by atoms with Crippen LogP contribution in [0.1, 0.15) is 28.7 Å². The fourth-order valence-corrected chi connectivity index (χ4v) is 4.34. The van der Waals surface area contributed by atoms with E-state index in [0.717, 1.165) is 16.7 Å². The lowest BCUT2D eigenvalue weighted by atomic mass is 9.89. The Kier molecular flexibility index (Phi) is 6.43. The minimum absolute atomic E-state index is 0.0902. The number of amides is 2. The summed E-state index contributed by atoms with van der Waals surface area (Å²) in [6.45, 7) is 2.33. The molecule has 0 spiro atoms. The molecule has 5 heteroatoms. The summed E-state index contributed by atoms with van der Waals surface area (Å²) >= 11 is 0. The van der Waals surface area contributed by atoms with Crippen molar-refractivity contribution in [3.8, 4) is 0 Å². The van der Waals surface area contributed by atoms with E-state index in [4.69, 9.17) is 5.73 Å². The molecule has 3 aromatic rings. The molecule has 0 aromatic heterocycles. The van der Waals surface area contributed by atoms with Crippen LogP contribution in [0, 0.1) is 0 Å². The number of benzene rings is 3. The number of primary amides is 1. The van der Waals surface area contributed by atoms with Crippen LogP contribution in [0.25, 0.3) is 0 Å². The maximum atomic E-state index is 13.6. The molecule has 1 fully saturated rings. The van der Waals surface area contributed by atoms with Gasteiger partial charge in [-0.25, -0.2) is 0 Å². The van der Waals surface area contributed by atoms with Crippen molar-refractivity contribution >= 4 is 11.8 Å². The summed E-state index contributed by atoms with van der Waals surface area (Å²) in [6, 6.07) is 28.9. The van der Waals surface area contributed by atoms with Gasteiger partial charge in [-0.1, -0.05) is 91.0 Å². The highest BCUT2D eigenvalue weighted by Crippen LogP contribution is 2.28. The van der Waals surface area contributed by atoms with Gasteiger partial charge >= 0.3 is 0 Å². The molecule has 4 rings (SSSR count). The zero-order valence-corrected chi connectivity index (χ0v) is 17.4. The van der Waals surface area contributed by atoms with Crippen molar-refractivity contribution in [1.82, 2.24) is 9.80 Å². The zero-order chi connectivity index (χ0) is 21.6. The maximum Gasteiger partial charge on any atom is 0.239 e. The highest BCUT2D eigenvalue weighted by atomic mass is 16.2. The molecule has 1 atom stereocenters. The third-order valence-corrected chi connectivity index (χ3v) is 5.89. The lowest BCUT2D eigenvalue weighted by Crippen LogP contribution is -2.52. The van der Waals surface area contributed by atoms with Crippen LogP contribution in [0.2, 0.25) is 0 Å². The molecule has 3 aromatic carbocycles. The van der Waals surface area contributed by atoms with E-state index >= 15 is 0 Å². The number of hydrogen-bond donors (Lipinski definition) is 1. The molecule has 0 aliphatic carbocycles. The molecule has 1 heterocycles. The Bertz CT molecular complexity index is 961. The monoisotopic (exact) mass is 413 g/mol. The van der Waals surface area contributed by atoms with Gasteiger partial charge < -0.3 is 10.6 Å². The Balaban J connectivity index is 1.52. The van der Waals surface area contributed by atoms with E-state index in [1.807, 2.05) is 95.9 Å². The topological polar surface area (TPSA) is 66.6 Å². The Labute approximate surface area is 183 Å². The first-order valence-corrected chi connectivity index (χ1v) is 10.6. The van der Waals surface area contributed by atoms with E-state index in [1.54, 1.807) is 0 Å². The molecule has 158 valence electrons. The van der Waals surface area contributed by atoms with Gasteiger partial charge in [-0.3, -0.25) is 14.5 Å². The third kappa shape index (κ3) is 4.67. The molecule has 1 aliphatic rings. The summed E-state index contributed by atoms with van der Waals surface area (Å²) in [6.07, 6.45) is 0. The highest BCUT2D eigenvalue weighted by Gasteiger charge is 2.33. The van der Waals surface area contributed by atoms with E-state index in [9.17, 15) is 9.59 Å². The van der Waals surface area contributed by atoms with Crippen LogP contribution in [0.5, 0.6) is 0 Å². The first-order chi connectivity index (χ1) is 15.1. The van der Waals surface area contributed by atoms with Gasteiger partial charge in [-0.05, 0) is 16.7 Å². The van der Waals surface area contributed by atoms with E-state index in [0.29, 0.717) is 26.2 Å². The Morgan fingerprint density at radius 2 is 1.06 bits per heavy atom. The molecule has 0 radical (unpaired) electrons. The third-order valence-electron chi connectivity index (χ3n) is 5.89. The van der Waals surface area contributed by atoms with Crippen molar-refractivity contribution in [1.29, 1.82) is 0 Å². The standard InChI is InChI=1S/C26H27N3O2/c27-25(30)24(22-14-8-3-9-15-22)28-16-18-29(19-17-28)26(31)23(20-10-4-1-5-11-20)21-12-6-2-7-13-21/h1-15,23-24H,16-19H2,(H2,27,30). The second-order valence-corrected chi connectivity index (χ2v) is 7.83. The Hall–Kier alpha value is -3.44. The number of carbonyl (C=O) groups is 2. The number of nitrogens with zero attached hydrogens (tertiary/aromatic N) is 2. The van der Waals surface area contributed by atoms with E-state index in [-0.39, 0.29) is 17.7 Å². The van der Waals surface area contributed by atoms with Crippen LogP contribution in [-0.2, 0) is 9.59 Å². The summed E-state index contributed by atoms with van der Waals surface area (Å²) in [5, 5.41) is 0. The number of hydrogen-bond acceptors (Lipinski definition) is 3. The van der Waals surface area contributed by atoms with Crippen LogP contribution < -0.4 is 5.73 Å². The molecule has 1 unspecified atom stereocenters. The van der Waals surface area contributed by atoms with Crippen LogP contribution in [-0.4, -0.2) is 47.8 Å². The van der Waals surface area contributed by atoms with E-state index in [1.165, 1.54) is 0 Å². The second-order valence-electron chi connectivity index (χ2n) is 7.83. The molecule has 1 aliphatic heterocycles. The lowest BCUT2D eigenvalue weighted by molar-refractivity contribution is -0.134. The van der Waals surface area contributed by atoms with Gasteiger partial charge in [0.25, 0.3) is 0 Å². The first kappa shape index (κ1) is 20.8. The SMILES string of the molecule is NC(=O)C(c1ccccc1)N1CCN(C(=O)C(c2ccccc2)c2ccccc2)CC1. The molecular formula is C26H27N3O2. The fraction of sp³-hybridized carbons (Fsp3) is 0.231. The average molecular weight is 414 g/mol. The maximum absolute atomic E-state index is 13.6. The van der Waals surface area contributed by atoms with Gasteiger partial charge in [-0.15, -0.1) is 0 Å².